The van der Waals surface area contributed by atoms with Gasteiger partial charge in [0, 0.05) is 39.6 Å². The van der Waals surface area contributed by atoms with Gasteiger partial charge in [-0.2, -0.15) is 13.2 Å². The lowest BCUT2D eigenvalue weighted by Gasteiger charge is -2.37. The monoisotopic (exact) mass is 370 g/mol. The zero-order chi connectivity index (χ0) is 18.7. The zero-order valence-electron chi connectivity index (χ0n) is 15.0. The van der Waals surface area contributed by atoms with Crippen LogP contribution >= 0.6 is 0 Å². The first-order chi connectivity index (χ1) is 12.3. The first-order valence-corrected chi connectivity index (χ1v) is 9.11. The minimum Gasteiger partial charge on any atom is -0.490 e. The number of piperidine rings is 2. The summed E-state index contributed by atoms with van der Waals surface area (Å²) in [6.45, 7) is 3.52. The van der Waals surface area contributed by atoms with Gasteiger partial charge in [0.05, 0.1) is 5.56 Å². The van der Waals surface area contributed by atoms with Crippen LogP contribution in [0.2, 0.25) is 0 Å². The summed E-state index contributed by atoms with van der Waals surface area (Å²) >= 11 is 0. The molecule has 0 saturated carbocycles. The van der Waals surface area contributed by atoms with Crippen LogP contribution in [0.3, 0.4) is 0 Å². The Morgan fingerprint density at radius 1 is 1.19 bits per heavy atom. The van der Waals surface area contributed by atoms with Gasteiger partial charge < -0.3 is 14.5 Å². The van der Waals surface area contributed by atoms with Crippen molar-refractivity contribution < 1.29 is 22.7 Å². The van der Waals surface area contributed by atoms with Crippen molar-refractivity contribution in [3.63, 3.8) is 0 Å². The van der Waals surface area contributed by atoms with E-state index >= 15 is 0 Å². The first kappa shape index (κ1) is 19.0. The van der Waals surface area contributed by atoms with E-state index in [1.807, 2.05) is 7.05 Å². The molecule has 0 aromatic heterocycles. The number of amides is 1. The number of likely N-dealkylation sites (tertiary alicyclic amines) is 2. The number of hydrogen-bond donors (Lipinski definition) is 0. The molecule has 0 N–H and O–H groups in total. The van der Waals surface area contributed by atoms with Gasteiger partial charge in [0.15, 0.2) is 0 Å². The van der Waals surface area contributed by atoms with Crippen LogP contribution in [-0.2, 0) is 11.0 Å². The summed E-state index contributed by atoms with van der Waals surface area (Å²) in [7, 11) is 1.85. The standard InChI is InChI=1S/C19H25F3N2O2/c1-23-12-14(5-6-18(23)25)13-24-9-7-16(8-10-24)26-17-4-2-3-15(11-17)19(20,21)22/h2-4,11,14,16H,5-10,12-13H2,1H3. The van der Waals surface area contributed by atoms with E-state index in [0.29, 0.717) is 12.3 Å². The van der Waals surface area contributed by atoms with Crippen molar-refractivity contribution in [1.29, 1.82) is 0 Å². The number of carbonyl (C=O) groups excluding carboxylic acids is 1. The number of alkyl halides is 3. The lowest BCUT2D eigenvalue weighted by atomic mass is 9.96. The molecule has 3 rings (SSSR count). The number of benzene rings is 1. The highest BCUT2D eigenvalue weighted by atomic mass is 19.4. The number of rotatable bonds is 4. The van der Waals surface area contributed by atoms with Gasteiger partial charge in [-0.3, -0.25) is 4.79 Å². The Labute approximate surface area is 151 Å². The molecule has 1 aromatic carbocycles. The number of nitrogens with zero attached hydrogens (tertiary/aromatic N) is 2. The second-order valence-electron chi connectivity index (χ2n) is 7.32. The third-order valence-corrected chi connectivity index (χ3v) is 5.24. The van der Waals surface area contributed by atoms with Gasteiger partial charge in [-0.1, -0.05) is 6.07 Å². The van der Waals surface area contributed by atoms with E-state index in [1.54, 1.807) is 11.0 Å². The predicted molar refractivity (Wildman–Crippen MR) is 91.9 cm³/mol. The second kappa shape index (κ2) is 7.86. The van der Waals surface area contributed by atoms with E-state index in [9.17, 15) is 18.0 Å². The highest BCUT2D eigenvalue weighted by molar-refractivity contribution is 5.76. The number of hydrogen-bond acceptors (Lipinski definition) is 3. The first-order valence-electron chi connectivity index (χ1n) is 9.11. The normalized spacial score (nSPS) is 23.3. The van der Waals surface area contributed by atoms with E-state index in [-0.39, 0.29) is 17.8 Å². The molecular weight excluding hydrogens is 345 g/mol. The van der Waals surface area contributed by atoms with Crippen LogP contribution in [0.25, 0.3) is 0 Å². The van der Waals surface area contributed by atoms with Crippen molar-refractivity contribution in [2.75, 3.05) is 33.2 Å². The van der Waals surface area contributed by atoms with Gasteiger partial charge in [-0.15, -0.1) is 0 Å². The summed E-state index contributed by atoms with van der Waals surface area (Å²) in [5.41, 5.74) is -0.677. The minimum atomic E-state index is -4.35. The third-order valence-electron chi connectivity index (χ3n) is 5.24. The second-order valence-corrected chi connectivity index (χ2v) is 7.32. The van der Waals surface area contributed by atoms with E-state index < -0.39 is 11.7 Å². The minimum absolute atomic E-state index is 0.0506. The number of halogens is 3. The van der Waals surface area contributed by atoms with Crippen LogP contribution in [0.4, 0.5) is 13.2 Å². The summed E-state index contributed by atoms with van der Waals surface area (Å²) in [5.74, 6) is 0.999. The lowest BCUT2D eigenvalue weighted by Crippen LogP contribution is -2.45. The van der Waals surface area contributed by atoms with Crippen LogP contribution in [0.1, 0.15) is 31.2 Å². The average Bonchev–Trinajstić information content (AvgIpc) is 2.59. The van der Waals surface area contributed by atoms with Crippen molar-refractivity contribution >= 4 is 5.91 Å². The van der Waals surface area contributed by atoms with Crippen molar-refractivity contribution in [3.05, 3.63) is 29.8 Å². The summed E-state index contributed by atoms with van der Waals surface area (Å²) < 4.78 is 44.1. The van der Waals surface area contributed by atoms with E-state index in [4.69, 9.17) is 4.74 Å². The van der Waals surface area contributed by atoms with Crippen molar-refractivity contribution in [3.8, 4) is 5.75 Å². The fourth-order valence-electron chi connectivity index (χ4n) is 3.76. The largest absolute Gasteiger partial charge is 0.490 e. The molecule has 2 saturated heterocycles. The zero-order valence-corrected chi connectivity index (χ0v) is 15.0. The van der Waals surface area contributed by atoms with Crippen LogP contribution in [0, 0.1) is 5.92 Å². The Bertz CT molecular complexity index is 627. The van der Waals surface area contributed by atoms with Crippen molar-refractivity contribution in [2.24, 2.45) is 5.92 Å². The fourth-order valence-corrected chi connectivity index (χ4v) is 3.76. The Kier molecular flexibility index (Phi) is 5.75. The van der Waals surface area contributed by atoms with Crippen LogP contribution in [0.15, 0.2) is 24.3 Å². The molecule has 144 valence electrons. The highest BCUT2D eigenvalue weighted by Crippen LogP contribution is 2.32. The summed E-state index contributed by atoms with van der Waals surface area (Å²) in [4.78, 5) is 15.7. The summed E-state index contributed by atoms with van der Waals surface area (Å²) in [6.07, 6.45) is -1.24. The molecule has 0 spiro atoms. The van der Waals surface area contributed by atoms with Gasteiger partial charge in [-0.05, 0) is 43.4 Å². The Morgan fingerprint density at radius 2 is 1.92 bits per heavy atom. The topological polar surface area (TPSA) is 32.8 Å². The molecule has 26 heavy (non-hydrogen) atoms. The molecule has 0 radical (unpaired) electrons. The van der Waals surface area contributed by atoms with Gasteiger partial charge in [0.1, 0.15) is 11.9 Å². The maximum Gasteiger partial charge on any atom is 0.416 e. The van der Waals surface area contributed by atoms with Gasteiger partial charge >= 0.3 is 6.18 Å². The van der Waals surface area contributed by atoms with E-state index in [1.165, 1.54) is 6.07 Å². The smallest absolute Gasteiger partial charge is 0.416 e. The average molecular weight is 370 g/mol. The maximum absolute atomic E-state index is 12.8. The summed E-state index contributed by atoms with van der Waals surface area (Å²) in [6, 6.07) is 5.09. The molecule has 0 aliphatic carbocycles. The Hall–Kier alpha value is -1.76. The molecule has 1 atom stereocenters. The SMILES string of the molecule is CN1CC(CN2CCC(Oc3cccc(C(F)(F)F)c3)CC2)CCC1=O. The van der Waals surface area contributed by atoms with Crippen LogP contribution in [-0.4, -0.2) is 55.0 Å². The van der Waals surface area contributed by atoms with Gasteiger partial charge in [0.25, 0.3) is 0 Å². The van der Waals surface area contributed by atoms with E-state index in [0.717, 1.165) is 57.6 Å². The maximum atomic E-state index is 12.8. The molecule has 4 nitrogen and oxygen atoms in total. The Morgan fingerprint density at radius 3 is 2.58 bits per heavy atom. The molecule has 7 heteroatoms. The van der Waals surface area contributed by atoms with Gasteiger partial charge in [0.2, 0.25) is 5.91 Å². The van der Waals surface area contributed by atoms with Crippen molar-refractivity contribution in [1.82, 2.24) is 9.80 Å². The van der Waals surface area contributed by atoms with Crippen LogP contribution in [0.5, 0.6) is 5.75 Å². The third kappa shape index (κ3) is 4.90. The lowest BCUT2D eigenvalue weighted by molar-refractivity contribution is -0.137. The molecule has 2 aliphatic heterocycles. The summed E-state index contributed by atoms with van der Waals surface area (Å²) in [5, 5.41) is 0. The molecule has 2 heterocycles. The molecule has 1 unspecified atom stereocenters. The number of ether oxygens (including phenoxy) is 1. The van der Waals surface area contributed by atoms with E-state index in [2.05, 4.69) is 4.90 Å². The predicted octanol–water partition coefficient (Wildman–Crippen LogP) is 3.42. The molecule has 1 aromatic rings. The molecular formula is C19H25F3N2O2. The fraction of sp³-hybridized carbons (Fsp3) is 0.632. The van der Waals surface area contributed by atoms with Crippen LogP contribution < -0.4 is 4.74 Å². The van der Waals surface area contributed by atoms with Crippen molar-refractivity contribution in [2.45, 2.75) is 38.0 Å². The molecule has 1 amide bonds. The molecule has 0 bridgehead atoms. The quantitative estimate of drug-likeness (QED) is 0.814. The molecule has 2 fully saturated rings. The highest BCUT2D eigenvalue weighted by Gasteiger charge is 2.31. The number of carbonyl (C=O) groups is 1. The van der Waals surface area contributed by atoms with Gasteiger partial charge in [-0.25, -0.2) is 0 Å². The Balaban J connectivity index is 1.46. The molecule has 2 aliphatic rings.